The molecular weight excluding hydrogens is 260 g/mol. The number of piperidine rings is 1. The maximum absolute atomic E-state index is 4.68. The maximum atomic E-state index is 4.68. The molecule has 0 radical (unpaired) electrons. The largest absolute Gasteiger partial charge is 0.317 e. The summed E-state index contributed by atoms with van der Waals surface area (Å²) >= 11 is 0. The van der Waals surface area contributed by atoms with E-state index in [1.165, 1.54) is 49.4 Å². The van der Waals surface area contributed by atoms with Gasteiger partial charge in [-0.25, -0.2) is 0 Å². The second-order valence-electron chi connectivity index (χ2n) is 6.36. The zero-order valence-corrected chi connectivity index (χ0v) is 14.4. The van der Waals surface area contributed by atoms with Crippen LogP contribution in [0.1, 0.15) is 56.6 Å². The van der Waals surface area contributed by atoms with Crippen molar-refractivity contribution in [3.05, 3.63) is 17.0 Å². The van der Waals surface area contributed by atoms with Gasteiger partial charge < -0.3 is 5.32 Å². The van der Waals surface area contributed by atoms with Gasteiger partial charge in [-0.3, -0.25) is 9.58 Å². The highest BCUT2D eigenvalue weighted by atomic mass is 15.3. The number of hydrogen-bond acceptors (Lipinski definition) is 3. The fourth-order valence-corrected chi connectivity index (χ4v) is 3.70. The Morgan fingerprint density at radius 1 is 1.24 bits per heavy atom. The third-order valence-electron chi connectivity index (χ3n) is 5.03. The Morgan fingerprint density at radius 2 is 1.90 bits per heavy atom. The van der Waals surface area contributed by atoms with Gasteiger partial charge in [0.25, 0.3) is 0 Å². The maximum Gasteiger partial charge on any atom is 0.0644 e. The van der Waals surface area contributed by atoms with E-state index in [0.29, 0.717) is 6.04 Å². The number of nitrogens with one attached hydrogen (secondary N) is 1. The predicted octanol–water partition coefficient (Wildman–Crippen LogP) is 2.90. The zero-order valence-electron chi connectivity index (χ0n) is 14.4. The van der Waals surface area contributed by atoms with Crippen molar-refractivity contribution in [1.29, 1.82) is 0 Å². The van der Waals surface area contributed by atoms with Crippen molar-refractivity contribution >= 4 is 0 Å². The molecule has 0 amide bonds. The SMILES string of the molecule is CCNCC1CCN(C(C)c2c(C)nn(CC)c2C)CC1. The van der Waals surface area contributed by atoms with E-state index in [-0.39, 0.29) is 0 Å². The summed E-state index contributed by atoms with van der Waals surface area (Å²) in [6.07, 6.45) is 2.63. The van der Waals surface area contributed by atoms with Gasteiger partial charge in [-0.05, 0) is 72.6 Å². The van der Waals surface area contributed by atoms with Crippen molar-refractivity contribution in [3.8, 4) is 0 Å². The van der Waals surface area contributed by atoms with E-state index in [9.17, 15) is 0 Å². The van der Waals surface area contributed by atoms with Crippen LogP contribution in [0, 0.1) is 19.8 Å². The molecule has 21 heavy (non-hydrogen) atoms. The number of hydrogen-bond donors (Lipinski definition) is 1. The fourth-order valence-electron chi connectivity index (χ4n) is 3.70. The summed E-state index contributed by atoms with van der Waals surface area (Å²) in [5.41, 5.74) is 4.00. The van der Waals surface area contributed by atoms with E-state index in [0.717, 1.165) is 19.0 Å². The summed E-state index contributed by atoms with van der Waals surface area (Å²) in [5.74, 6) is 0.856. The lowest BCUT2D eigenvalue weighted by Gasteiger charge is -2.36. The lowest BCUT2D eigenvalue weighted by molar-refractivity contribution is 0.139. The third kappa shape index (κ3) is 3.67. The average Bonchev–Trinajstić information content (AvgIpc) is 2.79. The molecular formula is C17H32N4. The summed E-state index contributed by atoms with van der Waals surface area (Å²) in [4.78, 5) is 2.64. The standard InChI is InChI=1S/C17H32N4/c1-6-18-12-16-8-10-20(11-9-16)14(4)17-13(3)19-21(7-2)15(17)5/h14,16,18H,6-12H2,1-5H3. The molecule has 1 aromatic rings. The van der Waals surface area contributed by atoms with Crippen molar-refractivity contribution in [3.63, 3.8) is 0 Å². The van der Waals surface area contributed by atoms with Crippen LogP contribution in [-0.2, 0) is 6.54 Å². The molecule has 4 heteroatoms. The van der Waals surface area contributed by atoms with Gasteiger partial charge in [0.05, 0.1) is 5.69 Å². The highest BCUT2D eigenvalue weighted by Crippen LogP contribution is 2.30. The quantitative estimate of drug-likeness (QED) is 0.875. The second kappa shape index (κ2) is 7.41. The van der Waals surface area contributed by atoms with Gasteiger partial charge in [0.15, 0.2) is 0 Å². The molecule has 4 nitrogen and oxygen atoms in total. The van der Waals surface area contributed by atoms with Crippen LogP contribution in [-0.4, -0.2) is 40.9 Å². The molecule has 0 saturated carbocycles. The molecule has 2 rings (SSSR count). The molecule has 1 atom stereocenters. The normalized spacial score (nSPS) is 19.1. The van der Waals surface area contributed by atoms with Crippen LogP contribution in [0.15, 0.2) is 0 Å². The molecule has 120 valence electrons. The Kier molecular flexibility index (Phi) is 5.82. The molecule has 0 bridgehead atoms. The molecule has 1 aliphatic rings. The van der Waals surface area contributed by atoms with Gasteiger partial charge in [0.2, 0.25) is 0 Å². The first-order valence-electron chi connectivity index (χ1n) is 8.57. The number of nitrogens with zero attached hydrogens (tertiary/aromatic N) is 3. The zero-order chi connectivity index (χ0) is 15.4. The predicted molar refractivity (Wildman–Crippen MR) is 88.6 cm³/mol. The summed E-state index contributed by atoms with van der Waals surface area (Å²) in [6, 6.07) is 0.491. The van der Waals surface area contributed by atoms with Crippen LogP contribution >= 0.6 is 0 Å². The van der Waals surface area contributed by atoms with Crippen molar-refractivity contribution in [2.75, 3.05) is 26.2 Å². The van der Waals surface area contributed by atoms with Gasteiger partial charge in [0, 0.05) is 23.8 Å². The smallest absolute Gasteiger partial charge is 0.0644 e. The second-order valence-corrected chi connectivity index (χ2v) is 6.36. The molecule has 0 spiro atoms. The van der Waals surface area contributed by atoms with Gasteiger partial charge in [-0.2, -0.15) is 5.10 Å². The first kappa shape index (κ1) is 16.5. The molecule has 0 aromatic carbocycles. The van der Waals surface area contributed by atoms with Gasteiger partial charge >= 0.3 is 0 Å². The minimum atomic E-state index is 0.491. The molecule has 2 heterocycles. The monoisotopic (exact) mass is 292 g/mol. The van der Waals surface area contributed by atoms with Crippen molar-refractivity contribution in [2.45, 2.75) is 60.0 Å². The van der Waals surface area contributed by atoms with Crippen LogP contribution in [0.3, 0.4) is 0 Å². The first-order valence-corrected chi connectivity index (χ1v) is 8.57. The topological polar surface area (TPSA) is 33.1 Å². The lowest BCUT2D eigenvalue weighted by atomic mass is 9.94. The summed E-state index contributed by atoms with van der Waals surface area (Å²) < 4.78 is 2.14. The molecule has 1 N–H and O–H groups in total. The van der Waals surface area contributed by atoms with Crippen LogP contribution in [0.2, 0.25) is 0 Å². The number of aromatic nitrogens is 2. The van der Waals surface area contributed by atoms with Gasteiger partial charge in [-0.15, -0.1) is 0 Å². The van der Waals surface area contributed by atoms with E-state index in [1.807, 2.05) is 0 Å². The molecule has 0 aliphatic carbocycles. The van der Waals surface area contributed by atoms with E-state index >= 15 is 0 Å². The summed E-state index contributed by atoms with van der Waals surface area (Å²) in [6.45, 7) is 16.7. The van der Waals surface area contributed by atoms with E-state index in [2.05, 4.69) is 54.6 Å². The molecule has 1 unspecified atom stereocenters. The average molecular weight is 292 g/mol. The van der Waals surface area contributed by atoms with Gasteiger partial charge in [-0.1, -0.05) is 6.92 Å². The van der Waals surface area contributed by atoms with E-state index in [1.54, 1.807) is 0 Å². The van der Waals surface area contributed by atoms with Crippen LogP contribution < -0.4 is 5.32 Å². The van der Waals surface area contributed by atoms with Crippen molar-refractivity contribution < 1.29 is 0 Å². The summed E-state index contributed by atoms with van der Waals surface area (Å²) in [5, 5.41) is 8.17. The molecule has 1 fully saturated rings. The van der Waals surface area contributed by atoms with E-state index < -0.39 is 0 Å². The fraction of sp³-hybridized carbons (Fsp3) is 0.824. The summed E-state index contributed by atoms with van der Waals surface area (Å²) in [7, 11) is 0. The molecule has 1 aliphatic heterocycles. The Bertz CT molecular complexity index is 444. The number of likely N-dealkylation sites (tertiary alicyclic amines) is 1. The Morgan fingerprint density at radius 3 is 2.43 bits per heavy atom. The highest BCUT2D eigenvalue weighted by Gasteiger charge is 2.26. The Hall–Kier alpha value is -0.870. The van der Waals surface area contributed by atoms with Crippen LogP contribution in [0.5, 0.6) is 0 Å². The van der Waals surface area contributed by atoms with Gasteiger partial charge in [0.1, 0.15) is 0 Å². The highest BCUT2D eigenvalue weighted by molar-refractivity contribution is 5.28. The van der Waals surface area contributed by atoms with E-state index in [4.69, 9.17) is 0 Å². The third-order valence-corrected chi connectivity index (χ3v) is 5.03. The first-order chi connectivity index (χ1) is 10.1. The van der Waals surface area contributed by atoms with Crippen LogP contribution in [0.4, 0.5) is 0 Å². The lowest BCUT2D eigenvalue weighted by Crippen LogP contribution is -2.38. The molecule has 1 aromatic heterocycles. The Labute approximate surface area is 129 Å². The van der Waals surface area contributed by atoms with Crippen molar-refractivity contribution in [2.24, 2.45) is 5.92 Å². The van der Waals surface area contributed by atoms with Crippen LogP contribution in [0.25, 0.3) is 0 Å². The molecule has 1 saturated heterocycles. The number of aryl methyl sites for hydroxylation is 2. The minimum absolute atomic E-state index is 0.491. The number of rotatable bonds is 6. The Balaban J connectivity index is 1.99. The minimum Gasteiger partial charge on any atom is -0.317 e. The van der Waals surface area contributed by atoms with Crippen molar-refractivity contribution in [1.82, 2.24) is 20.0 Å².